The Bertz CT molecular complexity index is 629. The van der Waals surface area contributed by atoms with Crippen LogP contribution in [0.3, 0.4) is 0 Å². The number of hydrogen-bond acceptors (Lipinski definition) is 3. The van der Waals surface area contributed by atoms with E-state index in [1.807, 2.05) is 36.4 Å². The van der Waals surface area contributed by atoms with Crippen molar-refractivity contribution < 1.29 is 9.90 Å². The first kappa shape index (κ1) is 14.4. The first-order chi connectivity index (χ1) is 9.56. The van der Waals surface area contributed by atoms with E-state index in [9.17, 15) is 9.90 Å². The third-order valence-electron chi connectivity index (χ3n) is 2.88. The molecule has 2 aromatic carbocycles. The summed E-state index contributed by atoms with van der Waals surface area (Å²) >= 11 is 3.28. The monoisotopic (exact) mass is 334 g/mol. The second-order valence-electron chi connectivity index (χ2n) is 4.44. The number of anilines is 1. The Kier molecular flexibility index (Phi) is 4.63. The van der Waals surface area contributed by atoms with E-state index in [1.165, 1.54) is 0 Å². The molecule has 0 aliphatic heterocycles. The lowest BCUT2D eigenvalue weighted by Gasteiger charge is -2.11. The average molecular weight is 335 g/mol. The number of primary amides is 1. The first-order valence-electron chi connectivity index (χ1n) is 6.13. The Morgan fingerprint density at radius 2 is 2.00 bits per heavy atom. The van der Waals surface area contributed by atoms with E-state index in [0.29, 0.717) is 11.0 Å². The van der Waals surface area contributed by atoms with Gasteiger partial charge in [0.1, 0.15) is 5.75 Å². The number of halogens is 1. The van der Waals surface area contributed by atoms with Crippen LogP contribution in [0.1, 0.15) is 11.1 Å². The largest absolute Gasteiger partial charge is 0.507 e. The van der Waals surface area contributed by atoms with E-state index in [1.54, 1.807) is 6.07 Å². The zero-order valence-corrected chi connectivity index (χ0v) is 12.4. The number of phenolic OH excluding ortho intramolecular Hbond substituents is 1. The average Bonchev–Trinajstić information content (AvgIpc) is 2.41. The molecule has 2 rings (SSSR count). The predicted molar refractivity (Wildman–Crippen MR) is 82.5 cm³/mol. The second kappa shape index (κ2) is 6.43. The summed E-state index contributed by atoms with van der Waals surface area (Å²) in [6.07, 6.45) is 0.211. The molecule has 0 atom stereocenters. The van der Waals surface area contributed by atoms with Gasteiger partial charge in [-0.1, -0.05) is 24.3 Å². The maximum Gasteiger partial charge on any atom is 0.221 e. The van der Waals surface area contributed by atoms with Crippen LogP contribution >= 0.6 is 15.9 Å². The van der Waals surface area contributed by atoms with Crippen molar-refractivity contribution in [3.05, 3.63) is 58.1 Å². The summed E-state index contributed by atoms with van der Waals surface area (Å²) in [6.45, 7) is 0.592. The summed E-state index contributed by atoms with van der Waals surface area (Å²) in [5, 5.41) is 12.7. The fourth-order valence-electron chi connectivity index (χ4n) is 1.89. The fourth-order valence-corrected chi connectivity index (χ4v) is 2.32. The van der Waals surface area contributed by atoms with Crippen LogP contribution in [0.15, 0.2) is 46.9 Å². The summed E-state index contributed by atoms with van der Waals surface area (Å²) in [4.78, 5) is 11.0. The molecule has 0 radical (unpaired) electrons. The van der Waals surface area contributed by atoms with Crippen LogP contribution in [0, 0.1) is 0 Å². The Balaban J connectivity index is 2.10. The third kappa shape index (κ3) is 3.74. The van der Waals surface area contributed by atoms with Crippen molar-refractivity contribution in [2.45, 2.75) is 13.0 Å². The normalized spacial score (nSPS) is 10.2. The molecule has 0 saturated carbocycles. The smallest absolute Gasteiger partial charge is 0.221 e. The lowest BCUT2D eigenvalue weighted by molar-refractivity contribution is -0.117. The number of amides is 1. The number of carbonyl (C=O) groups is 1. The number of nitrogens with one attached hydrogen (secondary N) is 1. The highest BCUT2D eigenvalue weighted by molar-refractivity contribution is 9.10. The van der Waals surface area contributed by atoms with E-state index in [4.69, 9.17) is 5.73 Å². The number of carbonyl (C=O) groups excluding carboxylic acids is 1. The minimum absolute atomic E-state index is 0.211. The molecule has 2 aromatic rings. The van der Waals surface area contributed by atoms with Crippen LogP contribution in [0.2, 0.25) is 0 Å². The molecule has 0 bridgehead atoms. The maximum absolute atomic E-state index is 11.0. The molecule has 20 heavy (non-hydrogen) atoms. The first-order valence-corrected chi connectivity index (χ1v) is 6.93. The zero-order chi connectivity index (χ0) is 14.5. The number of benzene rings is 2. The lowest BCUT2D eigenvalue weighted by atomic mass is 10.1. The van der Waals surface area contributed by atoms with Crippen molar-refractivity contribution in [3.63, 3.8) is 0 Å². The van der Waals surface area contributed by atoms with E-state index in [-0.39, 0.29) is 18.1 Å². The zero-order valence-electron chi connectivity index (χ0n) is 10.8. The fraction of sp³-hybridized carbons (Fsp3) is 0.133. The Hall–Kier alpha value is -2.01. The second-order valence-corrected chi connectivity index (χ2v) is 5.29. The van der Waals surface area contributed by atoms with Crippen LogP contribution < -0.4 is 11.1 Å². The van der Waals surface area contributed by atoms with Crippen LogP contribution in [0.25, 0.3) is 0 Å². The summed E-state index contributed by atoms with van der Waals surface area (Å²) in [5.41, 5.74) is 8.01. The van der Waals surface area contributed by atoms with Crippen molar-refractivity contribution in [2.75, 3.05) is 5.32 Å². The summed E-state index contributed by atoms with van der Waals surface area (Å²) in [5.74, 6) is -0.144. The molecule has 0 fully saturated rings. The molecular formula is C15H15BrN2O2. The van der Waals surface area contributed by atoms with Crippen LogP contribution in [0.4, 0.5) is 5.69 Å². The Labute approximate surface area is 125 Å². The number of nitrogens with two attached hydrogens (primary N) is 1. The van der Waals surface area contributed by atoms with Crippen molar-refractivity contribution in [1.29, 1.82) is 0 Å². The van der Waals surface area contributed by atoms with Gasteiger partial charge in [-0.15, -0.1) is 0 Å². The molecule has 0 heterocycles. The molecule has 0 aromatic heterocycles. The highest BCUT2D eigenvalue weighted by Crippen LogP contribution is 2.25. The number of rotatable bonds is 5. The standard InChI is InChI=1S/C15H15BrN2O2/c16-12-7-10(5-6-14(12)19)9-18-13-4-2-1-3-11(13)8-15(17)20/h1-7,18-19H,8-9H2,(H2,17,20). The molecule has 4 N–H and O–H groups in total. The minimum atomic E-state index is -0.355. The van der Waals surface area contributed by atoms with Crippen LogP contribution in [-0.2, 0) is 17.8 Å². The van der Waals surface area contributed by atoms with Gasteiger partial charge in [0, 0.05) is 12.2 Å². The number of aromatic hydroxyl groups is 1. The van der Waals surface area contributed by atoms with Crippen molar-refractivity contribution in [2.24, 2.45) is 5.73 Å². The number of para-hydroxylation sites is 1. The van der Waals surface area contributed by atoms with Crippen molar-refractivity contribution in [3.8, 4) is 5.75 Å². The quantitative estimate of drug-likeness (QED) is 0.786. The Morgan fingerprint density at radius 1 is 1.25 bits per heavy atom. The molecular weight excluding hydrogens is 320 g/mol. The van der Waals surface area contributed by atoms with Gasteiger partial charge >= 0.3 is 0 Å². The molecule has 0 unspecified atom stereocenters. The van der Waals surface area contributed by atoms with Gasteiger partial charge in [-0.05, 0) is 45.3 Å². The number of phenols is 1. The van der Waals surface area contributed by atoms with Gasteiger partial charge in [-0.2, -0.15) is 0 Å². The van der Waals surface area contributed by atoms with Crippen molar-refractivity contribution in [1.82, 2.24) is 0 Å². The van der Waals surface area contributed by atoms with Crippen LogP contribution in [0.5, 0.6) is 5.75 Å². The highest BCUT2D eigenvalue weighted by atomic mass is 79.9. The molecule has 0 spiro atoms. The molecule has 1 amide bonds. The van der Waals surface area contributed by atoms with E-state index in [0.717, 1.165) is 16.8 Å². The number of hydrogen-bond donors (Lipinski definition) is 3. The van der Waals surface area contributed by atoms with Gasteiger partial charge in [0.2, 0.25) is 5.91 Å². The van der Waals surface area contributed by atoms with Gasteiger partial charge in [0.25, 0.3) is 0 Å². The van der Waals surface area contributed by atoms with Gasteiger partial charge in [0.15, 0.2) is 0 Å². The van der Waals surface area contributed by atoms with Gasteiger partial charge in [0.05, 0.1) is 10.9 Å². The maximum atomic E-state index is 11.0. The summed E-state index contributed by atoms with van der Waals surface area (Å²) in [6, 6.07) is 12.9. The van der Waals surface area contributed by atoms with Crippen LogP contribution in [-0.4, -0.2) is 11.0 Å². The molecule has 0 aliphatic carbocycles. The molecule has 0 saturated heterocycles. The minimum Gasteiger partial charge on any atom is -0.507 e. The summed E-state index contributed by atoms with van der Waals surface area (Å²) in [7, 11) is 0. The van der Waals surface area contributed by atoms with Crippen molar-refractivity contribution >= 4 is 27.5 Å². The Morgan fingerprint density at radius 3 is 2.70 bits per heavy atom. The van der Waals surface area contributed by atoms with Gasteiger partial charge in [-0.3, -0.25) is 4.79 Å². The van der Waals surface area contributed by atoms with Gasteiger partial charge in [-0.25, -0.2) is 0 Å². The topological polar surface area (TPSA) is 75.4 Å². The SMILES string of the molecule is NC(=O)Cc1ccccc1NCc1ccc(O)c(Br)c1. The lowest BCUT2D eigenvalue weighted by Crippen LogP contribution is -2.15. The predicted octanol–water partition coefficient (Wildman–Crippen LogP) is 2.79. The van der Waals surface area contributed by atoms with Gasteiger partial charge < -0.3 is 16.2 Å². The highest BCUT2D eigenvalue weighted by Gasteiger charge is 2.05. The van der Waals surface area contributed by atoms with E-state index < -0.39 is 0 Å². The molecule has 104 valence electrons. The van der Waals surface area contributed by atoms with E-state index in [2.05, 4.69) is 21.2 Å². The molecule has 5 heteroatoms. The molecule has 4 nitrogen and oxygen atoms in total. The molecule has 0 aliphatic rings. The summed E-state index contributed by atoms with van der Waals surface area (Å²) < 4.78 is 0.655. The van der Waals surface area contributed by atoms with E-state index >= 15 is 0 Å². The third-order valence-corrected chi connectivity index (χ3v) is 3.51.